The van der Waals surface area contributed by atoms with E-state index in [2.05, 4.69) is 169 Å². The Balaban J connectivity index is 1.21. The summed E-state index contributed by atoms with van der Waals surface area (Å²) in [5, 5.41) is 4.86. The minimum absolute atomic E-state index is 0.0969. The molecule has 0 spiro atoms. The molecule has 53 heavy (non-hydrogen) atoms. The largest absolute Gasteiger partial charge is 0.309 e. The lowest BCUT2D eigenvalue weighted by molar-refractivity contribution is 0.660. The van der Waals surface area contributed by atoms with E-state index < -0.39 is 0 Å². The summed E-state index contributed by atoms with van der Waals surface area (Å²) in [7, 11) is 0. The van der Waals surface area contributed by atoms with E-state index in [0.29, 0.717) is 5.82 Å². The number of fused-ring (bicyclic) bond motifs is 9. The Hall–Kier alpha value is -6.78. The first-order chi connectivity index (χ1) is 26.0. The molecule has 0 fully saturated rings. The second-order valence-electron chi connectivity index (χ2n) is 14.7. The third kappa shape index (κ3) is 4.36. The second-order valence-corrected chi connectivity index (χ2v) is 14.7. The van der Waals surface area contributed by atoms with Gasteiger partial charge < -0.3 is 4.57 Å². The molecule has 0 unspecified atom stereocenters. The van der Waals surface area contributed by atoms with Gasteiger partial charge in [0.15, 0.2) is 5.82 Å². The molecule has 1 aliphatic carbocycles. The van der Waals surface area contributed by atoms with Crippen LogP contribution in [0.3, 0.4) is 0 Å². The van der Waals surface area contributed by atoms with Crippen LogP contribution in [0.4, 0.5) is 0 Å². The molecule has 3 aromatic heterocycles. The van der Waals surface area contributed by atoms with Gasteiger partial charge in [0.05, 0.1) is 27.8 Å². The Bertz CT molecular complexity index is 3020. The van der Waals surface area contributed by atoms with Gasteiger partial charge in [-0.05, 0) is 58.7 Å². The molecule has 250 valence electrons. The van der Waals surface area contributed by atoms with Crippen molar-refractivity contribution in [3.05, 3.63) is 181 Å². The van der Waals surface area contributed by atoms with Gasteiger partial charge in [0, 0.05) is 49.8 Å². The van der Waals surface area contributed by atoms with Crippen molar-refractivity contribution in [3.8, 4) is 45.3 Å². The number of nitrogens with zero attached hydrogens (tertiary/aromatic N) is 4. The standard InChI is InChI=1S/C49H34N4/c1-49(2)40-22-12-9-19-34(40)35-26-25-33(27-41(35)49)52-43-23-13-10-20-36(43)38-28-39-37-21-11-14-24-44(37)53(46(39)30-45(38)52)47-29-42(31-15-5-3-6-16-31)50-48(51-47)32-17-7-4-8-18-32/h3-30H,1-2H3. The Morgan fingerprint density at radius 1 is 0.415 bits per heavy atom. The minimum Gasteiger partial charge on any atom is -0.309 e. The first-order valence-corrected chi connectivity index (χ1v) is 18.3. The first kappa shape index (κ1) is 29.9. The van der Waals surface area contributed by atoms with Crippen molar-refractivity contribution < 1.29 is 0 Å². The summed E-state index contributed by atoms with van der Waals surface area (Å²) in [6, 6.07) is 61.0. The van der Waals surface area contributed by atoms with Crippen molar-refractivity contribution in [2.75, 3.05) is 0 Å². The third-order valence-corrected chi connectivity index (χ3v) is 11.3. The molecule has 0 saturated carbocycles. The number of aromatic nitrogens is 4. The number of rotatable bonds is 4. The van der Waals surface area contributed by atoms with Crippen LogP contribution in [0.15, 0.2) is 170 Å². The highest BCUT2D eigenvalue weighted by Crippen LogP contribution is 2.49. The van der Waals surface area contributed by atoms with Crippen molar-refractivity contribution in [2.24, 2.45) is 0 Å². The van der Waals surface area contributed by atoms with Crippen molar-refractivity contribution in [2.45, 2.75) is 19.3 Å². The van der Waals surface area contributed by atoms with Gasteiger partial charge in [0.2, 0.25) is 0 Å². The maximum Gasteiger partial charge on any atom is 0.162 e. The zero-order chi connectivity index (χ0) is 35.3. The van der Waals surface area contributed by atoms with Crippen molar-refractivity contribution >= 4 is 43.6 Å². The van der Waals surface area contributed by atoms with E-state index in [1.807, 2.05) is 24.3 Å². The quantitative estimate of drug-likeness (QED) is 0.186. The smallest absolute Gasteiger partial charge is 0.162 e. The topological polar surface area (TPSA) is 35.6 Å². The van der Waals surface area contributed by atoms with Crippen LogP contribution < -0.4 is 0 Å². The van der Waals surface area contributed by atoms with Crippen LogP contribution in [0.5, 0.6) is 0 Å². The fourth-order valence-corrected chi connectivity index (χ4v) is 8.81. The monoisotopic (exact) mass is 678 g/mol. The van der Waals surface area contributed by atoms with E-state index in [1.165, 1.54) is 49.3 Å². The molecule has 0 bridgehead atoms. The predicted molar refractivity (Wildman–Crippen MR) is 219 cm³/mol. The Labute approximate surface area is 307 Å². The Morgan fingerprint density at radius 2 is 1.00 bits per heavy atom. The van der Waals surface area contributed by atoms with E-state index >= 15 is 0 Å². The number of para-hydroxylation sites is 2. The maximum atomic E-state index is 5.30. The fraction of sp³-hybridized carbons (Fsp3) is 0.0612. The van der Waals surface area contributed by atoms with Crippen LogP contribution in [0.1, 0.15) is 25.0 Å². The average Bonchev–Trinajstić information content (AvgIpc) is 3.80. The lowest BCUT2D eigenvalue weighted by atomic mass is 9.82. The highest BCUT2D eigenvalue weighted by molar-refractivity contribution is 6.19. The highest BCUT2D eigenvalue weighted by Gasteiger charge is 2.35. The van der Waals surface area contributed by atoms with Crippen LogP contribution in [0, 0.1) is 0 Å². The van der Waals surface area contributed by atoms with E-state index in [1.54, 1.807) is 0 Å². The van der Waals surface area contributed by atoms with Gasteiger partial charge in [0.1, 0.15) is 5.82 Å². The molecule has 0 amide bonds. The Morgan fingerprint density at radius 3 is 1.74 bits per heavy atom. The summed E-state index contributed by atoms with van der Waals surface area (Å²) in [6.45, 7) is 4.70. The van der Waals surface area contributed by atoms with E-state index in [4.69, 9.17) is 9.97 Å². The van der Waals surface area contributed by atoms with Gasteiger partial charge in [0.25, 0.3) is 0 Å². The average molecular weight is 679 g/mol. The highest BCUT2D eigenvalue weighted by atomic mass is 15.1. The normalized spacial score (nSPS) is 13.2. The maximum absolute atomic E-state index is 5.30. The molecular weight excluding hydrogens is 645 g/mol. The first-order valence-electron chi connectivity index (χ1n) is 18.3. The molecule has 0 saturated heterocycles. The fourth-order valence-electron chi connectivity index (χ4n) is 8.81. The molecule has 0 radical (unpaired) electrons. The van der Waals surface area contributed by atoms with Gasteiger partial charge in [-0.1, -0.05) is 141 Å². The molecule has 10 aromatic rings. The van der Waals surface area contributed by atoms with E-state index in [0.717, 1.165) is 44.9 Å². The van der Waals surface area contributed by atoms with Crippen LogP contribution in [-0.4, -0.2) is 19.1 Å². The molecular formula is C49H34N4. The summed E-state index contributed by atoms with van der Waals surface area (Å²) in [4.78, 5) is 10.4. The zero-order valence-corrected chi connectivity index (χ0v) is 29.5. The molecule has 0 atom stereocenters. The van der Waals surface area contributed by atoms with Crippen LogP contribution >= 0.6 is 0 Å². The van der Waals surface area contributed by atoms with Crippen LogP contribution in [0.2, 0.25) is 0 Å². The SMILES string of the molecule is CC1(C)c2ccccc2-c2ccc(-n3c4ccccc4c4cc5c6ccccc6n(-c6cc(-c7ccccc7)nc(-c7ccccc7)n6)c5cc43)cc21. The van der Waals surface area contributed by atoms with Gasteiger partial charge in [-0.3, -0.25) is 4.57 Å². The van der Waals surface area contributed by atoms with Crippen LogP contribution in [-0.2, 0) is 5.41 Å². The van der Waals surface area contributed by atoms with Crippen LogP contribution in [0.25, 0.3) is 88.9 Å². The molecule has 3 heterocycles. The second kappa shape index (κ2) is 11.1. The summed E-state index contributed by atoms with van der Waals surface area (Å²) < 4.78 is 4.78. The van der Waals surface area contributed by atoms with E-state index in [-0.39, 0.29) is 5.41 Å². The lowest BCUT2D eigenvalue weighted by Crippen LogP contribution is -2.15. The van der Waals surface area contributed by atoms with Crippen molar-refractivity contribution in [3.63, 3.8) is 0 Å². The molecule has 0 N–H and O–H groups in total. The van der Waals surface area contributed by atoms with Gasteiger partial charge >= 0.3 is 0 Å². The summed E-state index contributed by atoms with van der Waals surface area (Å²) in [6.07, 6.45) is 0. The number of hydrogen-bond acceptors (Lipinski definition) is 2. The third-order valence-electron chi connectivity index (χ3n) is 11.3. The Kier molecular flexibility index (Phi) is 6.27. The van der Waals surface area contributed by atoms with Crippen molar-refractivity contribution in [1.82, 2.24) is 19.1 Å². The molecule has 0 aliphatic heterocycles. The predicted octanol–water partition coefficient (Wildman–Crippen LogP) is 12.3. The van der Waals surface area contributed by atoms with E-state index in [9.17, 15) is 0 Å². The lowest BCUT2D eigenvalue weighted by Gasteiger charge is -2.22. The minimum atomic E-state index is -0.0969. The number of hydrogen-bond donors (Lipinski definition) is 0. The molecule has 1 aliphatic rings. The van der Waals surface area contributed by atoms with Gasteiger partial charge in [-0.25, -0.2) is 9.97 Å². The molecule has 4 nitrogen and oxygen atoms in total. The zero-order valence-electron chi connectivity index (χ0n) is 29.5. The van der Waals surface area contributed by atoms with Gasteiger partial charge in [-0.2, -0.15) is 0 Å². The molecule has 4 heteroatoms. The summed E-state index contributed by atoms with van der Waals surface area (Å²) in [5.74, 6) is 1.53. The summed E-state index contributed by atoms with van der Waals surface area (Å²) in [5.41, 5.74) is 14.0. The van der Waals surface area contributed by atoms with Crippen molar-refractivity contribution in [1.29, 1.82) is 0 Å². The number of benzene rings is 7. The van der Waals surface area contributed by atoms with Gasteiger partial charge in [-0.15, -0.1) is 0 Å². The summed E-state index contributed by atoms with van der Waals surface area (Å²) >= 11 is 0. The molecule has 11 rings (SSSR count). The molecule has 7 aromatic carbocycles.